The number of urea groups is 1. The van der Waals surface area contributed by atoms with Crippen molar-refractivity contribution in [3.63, 3.8) is 0 Å². The molecule has 2 aliphatic rings. The Morgan fingerprint density at radius 3 is 2.53 bits per heavy atom. The van der Waals surface area contributed by atoms with Crippen LogP contribution >= 0.6 is 0 Å². The fraction of sp³-hybridized carbons (Fsp3) is 0.625. The molecule has 3 rings (SSSR count). The number of ether oxygens (including phenoxy) is 2. The van der Waals surface area contributed by atoms with E-state index in [1.807, 2.05) is 47.1 Å². The van der Waals surface area contributed by atoms with Crippen molar-refractivity contribution in [1.29, 1.82) is 0 Å². The van der Waals surface area contributed by atoms with E-state index in [0.29, 0.717) is 32.7 Å². The molecule has 2 saturated heterocycles. The summed E-state index contributed by atoms with van der Waals surface area (Å²) in [6.45, 7) is 6.07. The van der Waals surface area contributed by atoms with Crippen molar-refractivity contribution in [3.05, 3.63) is 35.9 Å². The number of nitrogens with zero attached hydrogens (tertiary/aromatic N) is 2. The second-order valence-corrected chi connectivity index (χ2v) is 8.43. The van der Waals surface area contributed by atoms with Crippen LogP contribution in [0.5, 0.6) is 0 Å². The second-order valence-electron chi connectivity index (χ2n) is 8.43. The van der Waals surface area contributed by atoms with Crippen LogP contribution in [0.25, 0.3) is 0 Å². The fourth-order valence-electron chi connectivity index (χ4n) is 4.51. The van der Waals surface area contributed by atoms with Crippen molar-refractivity contribution in [1.82, 2.24) is 15.1 Å². The van der Waals surface area contributed by atoms with Crippen LogP contribution < -0.4 is 5.32 Å². The smallest absolute Gasteiger partial charge is 0.411 e. The predicted octanol–water partition coefficient (Wildman–Crippen LogP) is 3.87. The molecule has 1 N–H and O–H groups in total. The van der Waals surface area contributed by atoms with E-state index in [9.17, 15) is 14.4 Å². The predicted molar refractivity (Wildman–Crippen MR) is 120 cm³/mol. The fourth-order valence-corrected chi connectivity index (χ4v) is 4.51. The van der Waals surface area contributed by atoms with E-state index in [4.69, 9.17) is 9.47 Å². The lowest BCUT2D eigenvalue weighted by Crippen LogP contribution is -2.51. The number of carbonyl (C=O) groups excluding carboxylic acids is 3. The van der Waals surface area contributed by atoms with Gasteiger partial charge >= 0.3 is 18.1 Å². The maximum Gasteiger partial charge on any atom is 0.411 e. The van der Waals surface area contributed by atoms with Gasteiger partial charge in [0.25, 0.3) is 0 Å². The van der Waals surface area contributed by atoms with Crippen molar-refractivity contribution in [2.24, 2.45) is 0 Å². The van der Waals surface area contributed by atoms with Crippen LogP contribution in [0.15, 0.2) is 30.3 Å². The van der Waals surface area contributed by atoms with E-state index in [0.717, 1.165) is 37.7 Å². The summed E-state index contributed by atoms with van der Waals surface area (Å²) < 4.78 is 10.6. The van der Waals surface area contributed by atoms with E-state index in [1.165, 1.54) is 0 Å². The number of nitrogens with one attached hydrogen (secondary N) is 1. The van der Waals surface area contributed by atoms with Crippen molar-refractivity contribution in [2.45, 2.75) is 70.6 Å². The van der Waals surface area contributed by atoms with Gasteiger partial charge in [-0.15, -0.1) is 0 Å². The summed E-state index contributed by atoms with van der Waals surface area (Å²) in [7, 11) is 0. The number of unbranched alkanes of at least 4 members (excludes halogenated alkanes) is 2. The monoisotopic (exact) mass is 445 g/mol. The summed E-state index contributed by atoms with van der Waals surface area (Å²) in [6.07, 6.45) is 3.87. The molecule has 1 aromatic carbocycles. The molecule has 0 spiro atoms. The largest absolute Gasteiger partial charge is 0.466 e. The first-order valence-corrected chi connectivity index (χ1v) is 11.7. The Morgan fingerprint density at radius 2 is 1.84 bits per heavy atom. The first kappa shape index (κ1) is 23.9. The molecule has 3 amide bonds. The Kier molecular flexibility index (Phi) is 8.76. The van der Waals surface area contributed by atoms with Crippen LogP contribution in [0.1, 0.15) is 64.0 Å². The van der Waals surface area contributed by atoms with Gasteiger partial charge in [0.1, 0.15) is 6.10 Å². The molecular weight excluding hydrogens is 410 g/mol. The molecule has 32 heavy (non-hydrogen) atoms. The molecule has 0 aliphatic carbocycles. The number of piperidine rings is 1. The van der Waals surface area contributed by atoms with Gasteiger partial charge in [0.05, 0.1) is 12.6 Å². The maximum absolute atomic E-state index is 12.6. The average Bonchev–Trinajstić information content (AvgIpc) is 3.10. The molecule has 2 heterocycles. The summed E-state index contributed by atoms with van der Waals surface area (Å²) in [5.74, 6) is -0.161. The zero-order valence-electron chi connectivity index (χ0n) is 19.1. The molecule has 8 heteroatoms. The summed E-state index contributed by atoms with van der Waals surface area (Å²) in [6, 6.07) is 9.82. The SMILES string of the molecule is CCOC(=O)CCCCCNC(=O)N1CCC(N2C(=O)OC(c3ccccc3)C2C)CC1. The molecule has 1 aromatic rings. The van der Waals surface area contributed by atoms with E-state index >= 15 is 0 Å². The molecule has 2 unspecified atom stereocenters. The number of rotatable bonds is 9. The zero-order chi connectivity index (χ0) is 22.9. The van der Waals surface area contributed by atoms with Crippen molar-refractivity contribution in [2.75, 3.05) is 26.2 Å². The third kappa shape index (κ3) is 6.14. The van der Waals surface area contributed by atoms with Gasteiger partial charge in [0.2, 0.25) is 0 Å². The maximum atomic E-state index is 12.6. The minimum atomic E-state index is -0.267. The topological polar surface area (TPSA) is 88.2 Å². The highest BCUT2D eigenvalue weighted by Crippen LogP contribution is 2.35. The number of benzene rings is 1. The Hall–Kier alpha value is -2.77. The minimum absolute atomic E-state index is 0.0371. The molecule has 2 aliphatic heterocycles. The highest BCUT2D eigenvalue weighted by Gasteiger charge is 2.44. The molecular formula is C24H35N3O5. The highest BCUT2D eigenvalue weighted by atomic mass is 16.6. The van der Waals surface area contributed by atoms with Gasteiger partial charge in [-0.1, -0.05) is 36.8 Å². The van der Waals surface area contributed by atoms with Crippen LogP contribution in [0, 0.1) is 0 Å². The summed E-state index contributed by atoms with van der Waals surface area (Å²) in [5.41, 5.74) is 1.01. The molecule has 0 radical (unpaired) electrons. The Labute approximate surface area is 190 Å². The molecule has 2 fully saturated rings. The lowest BCUT2D eigenvalue weighted by Gasteiger charge is -2.37. The number of likely N-dealkylation sites (tertiary alicyclic amines) is 1. The van der Waals surface area contributed by atoms with Gasteiger partial charge in [0, 0.05) is 32.1 Å². The summed E-state index contributed by atoms with van der Waals surface area (Å²) in [4.78, 5) is 40.0. The lowest BCUT2D eigenvalue weighted by atomic mass is 9.98. The van der Waals surface area contributed by atoms with Crippen molar-refractivity contribution in [3.8, 4) is 0 Å². The summed E-state index contributed by atoms with van der Waals surface area (Å²) in [5, 5.41) is 2.96. The Morgan fingerprint density at radius 1 is 1.12 bits per heavy atom. The molecule has 0 saturated carbocycles. The third-order valence-corrected chi connectivity index (χ3v) is 6.23. The van der Waals surface area contributed by atoms with E-state index in [-0.39, 0.29) is 36.3 Å². The van der Waals surface area contributed by atoms with Crippen LogP contribution in [0.2, 0.25) is 0 Å². The zero-order valence-corrected chi connectivity index (χ0v) is 19.1. The van der Waals surface area contributed by atoms with Crippen LogP contribution in [0.3, 0.4) is 0 Å². The number of esters is 1. The van der Waals surface area contributed by atoms with Gasteiger partial charge in [-0.05, 0) is 45.1 Å². The first-order chi connectivity index (χ1) is 15.5. The van der Waals surface area contributed by atoms with E-state index in [2.05, 4.69) is 5.32 Å². The summed E-state index contributed by atoms with van der Waals surface area (Å²) >= 11 is 0. The minimum Gasteiger partial charge on any atom is -0.466 e. The molecule has 176 valence electrons. The molecule has 0 aromatic heterocycles. The van der Waals surface area contributed by atoms with E-state index in [1.54, 1.807) is 6.92 Å². The lowest BCUT2D eigenvalue weighted by molar-refractivity contribution is -0.143. The van der Waals surface area contributed by atoms with E-state index < -0.39 is 0 Å². The van der Waals surface area contributed by atoms with Gasteiger partial charge < -0.3 is 19.7 Å². The van der Waals surface area contributed by atoms with Crippen LogP contribution in [-0.2, 0) is 14.3 Å². The van der Waals surface area contributed by atoms with Crippen molar-refractivity contribution < 1.29 is 23.9 Å². The third-order valence-electron chi connectivity index (χ3n) is 6.23. The van der Waals surface area contributed by atoms with Crippen molar-refractivity contribution >= 4 is 18.1 Å². The standard InChI is InChI=1S/C24H35N3O5/c1-3-31-21(28)12-8-5-9-15-25-23(29)26-16-13-20(14-17-26)27-18(2)22(32-24(27)30)19-10-6-4-7-11-19/h4,6-7,10-11,18,20,22H,3,5,8-9,12-17H2,1-2H3,(H,25,29). The average molecular weight is 446 g/mol. The number of carbonyl (C=O) groups is 3. The Bertz CT molecular complexity index is 764. The molecule has 8 nitrogen and oxygen atoms in total. The highest BCUT2D eigenvalue weighted by molar-refractivity contribution is 5.74. The molecule has 2 atom stereocenters. The number of hydrogen-bond acceptors (Lipinski definition) is 5. The number of cyclic esters (lactones) is 1. The van der Waals surface area contributed by atoms with Gasteiger partial charge in [-0.3, -0.25) is 9.69 Å². The second kappa shape index (κ2) is 11.7. The number of hydrogen-bond donors (Lipinski definition) is 1. The van der Waals surface area contributed by atoms with Crippen LogP contribution in [-0.4, -0.2) is 66.2 Å². The number of amides is 3. The van der Waals surface area contributed by atoms with Gasteiger partial charge in [-0.2, -0.15) is 0 Å². The quantitative estimate of drug-likeness (QED) is 0.461. The first-order valence-electron chi connectivity index (χ1n) is 11.7. The van der Waals surface area contributed by atoms with Gasteiger partial charge in [0.15, 0.2) is 0 Å². The Balaban J connectivity index is 1.37. The normalized spacial score (nSPS) is 21.4. The van der Waals surface area contributed by atoms with Gasteiger partial charge in [-0.25, -0.2) is 9.59 Å². The van der Waals surface area contributed by atoms with Crippen LogP contribution in [0.4, 0.5) is 9.59 Å². The molecule has 0 bridgehead atoms.